The normalized spacial score (nSPS) is 11.1. The van der Waals surface area contributed by atoms with E-state index in [1.54, 1.807) is 19.4 Å². The van der Waals surface area contributed by atoms with E-state index >= 15 is 0 Å². The standard InChI is InChI=1S/C12H9BrN4OS/c1-16-11(18)10(13)9(7-15-16)19-12-14-6-8-4-2-3-5-17(8)12/h2-7H,1H3. The minimum atomic E-state index is -0.161. The number of rotatable bonds is 2. The fourth-order valence-electron chi connectivity index (χ4n) is 1.66. The predicted molar refractivity (Wildman–Crippen MR) is 76.5 cm³/mol. The first-order valence-corrected chi connectivity index (χ1v) is 7.09. The number of pyridine rings is 1. The largest absolute Gasteiger partial charge is 0.295 e. The molecule has 19 heavy (non-hydrogen) atoms. The molecule has 0 bridgehead atoms. The Kier molecular flexibility index (Phi) is 3.16. The molecular formula is C12H9BrN4OS. The Morgan fingerprint density at radius 1 is 1.32 bits per heavy atom. The Labute approximate surface area is 121 Å². The summed E-state index contributed by atoms with van der Waals surface area (Å²) in [7, 11) is 1.62. The monoisotopic (exact) mass is 336 g/mol. The van der Waals surface area contributed by atoms with Crippen molar-refractivity contribution in [1.82, 2.24) is 19.2 Å². The Morgan fingerprint density at radius 3 is 3.00 bits per heavy atom. The van der Waals surface area contributed by atoms with Crippen molar-refractivity contribution in [3.8, 4) is 0 Å². The summed E-state index contributed by atoms with van der Waals surface area (Å²) >= 11 is 4.71. The van der Waals surface area contributed by atoms with E-state index in [0.717, 1.165) is 15.6 Å². The molecule has 0 radical (unpaired) electrons. The van der Waals surface area contributed by atoms with Crippen LogP contribution in [0.5, 0.6) is 0 Å². The van der Waals surface area contributed by atoms with E-state index in [2.05, 4.69) is 26.0 Å². The van der Waals surface area contributed by atoms with Crippen molar-refractivity contribution in [2.45, 2.75) is 10.1 Å². The zero-order valence-electron chi connectivity index (χ0n) is 9.95. The van der Waals surface area contributed by atoms with Crippen LogP contribution in [0.3, 0.4) is 0 Å². The van der Waals surface area contributed by atoms with Crippen LogP contribution >= 0.6 is 27.7 Å². The molecule has 5 nitrogen and oxygen atoms in total. The minimum absolute atomic E-state index is 0.161. The molecule has 0 aliphatic carbocycles. The predicted octanol–water partition coefficient (Wildman–Crippen LogP) is 2.34. The summed E-state index contributed by atoms with van der Waals surface area (Å²) in [5.74, 6) is 0. The van der Waals surface area contributed by atoms with Gasteiger partial charge in [-0.2, -0.15) is 5.10 Å². The number of hydrogen-bond acceptors (Lipinski definition) is 4. The van der Waals surface area contributed by atoms with Gasteiger partial charge in [0, 0.05) is 13.2 Å². The van der Waals surface area contributed by atoms with Gasteiger partial charge in [-0.15, -0.1) is 0 Å². The van der Waals surface area contributed by atoms with E-state index in [-0.39, 0.29) is 5.56 Å². The van der Waals surface area contributed by atoms with Gasteiger partial charge in [0.15, 0.2) is 5.16 Å². The lowest BCUT2D eigenvalue weighted by atomic mass is 10.4. The number of hydrogen-bond donors (Lipinski definition) is 0. The second-order valence-corrected chi connectivity index (χ2v) is 5.69. The topological polar surface area (TPSA) is 52.2 Å². The molecule has 3 rings (SSSR count). The maximum absolute atomic E-state index is 11.8. The maximum atomic E-state index is 11.8. The molecule has 3 aromatic heterocycles. The third-order valence-electron chi connectivity index (χ3n) is 2.65. The van der Waals surface area contributed by atoms with Crippen LogP contribution in [0.1, 0.15) is 0 Å². The molecule has 0 saturated heterocycles. The highest BCUT2D eigenvalue weighted by molar-refractivity contribution is 9.10. The van der Waals surface area contributed by atoms with Crippen molar-refractivity contribution in [3.63, 3.8) is 0 Å². The zero-order chi connectivity index (χ0) is 13.4. The molecule has 0 atom stereocenters. The minimum Gasteiger partial charge on any atom is -0.295 e. The second kappa shape index (κ2) is 4.82. The molecule has 0 amide bonds. The second-order valence-electron chi connectivity index (χ2n) is 3.89. The molecule has 0 unspecified atom stereocenters. The molecular weight excluding hydrogens is 328 g/mol. The first kappa shape index (κ1) is 12.4. The van der Waals surface area contributed by atoms with Gasteiger partial charge < -0.3 is 0 Å². The summed E-state index contributed by atoms with van der Waals surface area (Å²) in [4.78, 5) is 16.9. The number of aryl methyl sites for hydroxylation is 1. The SMILES string of the molecule is Cn1ncc(Sc2ncc3ccccn23)c(Br)c1=O. The van der Waals surface area contributed by atoms with Gasteiger partial charge in [0.2, 0.25) is 0 Å². The average Bonchev–Trinajstić information content (AvgIpc) is 2.83. The number of fused-ring (bicyclic) bond motifs is 1. The van der Waals surface area contributed by atoms with Crippen LogP contribution in [-0.2, 0) is 7.05 Å². The van der Waals surface area contributed by atoms with Crippen molar-refractivity contribution in [2.24, 2.45) is 7.05 Å². The van der Waals surface area contributed by atoms with E-state index in [1.807, 2.05) is 28.8 Å². The highest BCUT2D eigenvalue weighted by atomic mass is 79.9. The van der Waals surface area contributed by atoms with E-state index in [9.17, 15) is 4.79 Å². The molecule has 0 aliphatic heterocycles. The fraction of sp³-hybridized carbons (Fsp3) is 0.0833. The van der Waals surface area contributed by atoms with E-state index < -0.39 is 0 Å². The molecule has 0 N–H and O–H groups in total. The molecule has 3 aromatic rings. The van der Waals surface area contributed by atoms with Crippen molar-refractivity contribution < 1.29 is 0 Å². The zero-order valence-corrected chi connectivity index (χ0v) is 12.3. The number of nitrogens with zero attached hydrogens (tertiary/aromatic N) is 4. The van der Waals surface area contributed by atoms with Crippen molar-refractivity contribution in [2.75, 3.05) is 0 Å². The average molecular weight is 337 g/mol. The van der Waals surface area contributed by atoms with E-state index in [1.165, 1.54) is 16.4 Å². The third-order valence-corrected chi connectivity index (χ3v) is 4.70. The van der Waals surface area contributed by atoms with E-state index in [0.29, 0.717) is 4.47 Å². The number of halogens is 1. The first-order valence-electron chi connectivity index (χ1n) is 5.48. The smallest absolute Gasteiger partial charge is 0.281 e. The van der Waals surface area contributed by atoms with Gasteiger partial charge >= 0.3 is 0 Å². The molecule has 0 aromatic carbocycles. The summed E-state index contributed by atoms with van der Waals surface area (Å²) in [5, 5.41) is 4.81. The van der Waals surface area contributed by atoms with Gasteiger partial charge in [0.1, 0.15) is 0 Å². The summed E-state index contributed by atoms with van der Waals surface area (Å²) in [6.45, 7) is 0. The Bertz CT molecular complexity index is 811. The van der Waals surface area contributed by atoms with Crippen molar-refractivity contribution in [1.29, 1.82) is 0 Å². The van der Waals surface area contributed by atoms with Crippen molar-refractivity contribution in [3.05, 3.63) is 51.6 Å². The Balaban J connectivity index is 2.07. The van der Waals surface area contributed by atoms with Gasteiger partial charge in [-0.25, -0.2) is 9.67 Å². The Hall–Kier alpha value is -1.60. The van der Waals surface area contributed by atoms with Crippen LogP contribution in [-0.4, -0.2) is 19.2 Å². The summed E-state index contributed by atoms with van der Waals surface area (Å²) in [6.07, 6.45) is 5.39. The number of aromatic nitrogens is 4. The van der Waals surface area contributed by atoms with Crippen molar-refractivity contribution >= 4 is 33.2 Å². The first-order chi connectivity index (χ1) is 9.16. The maximum Gasteiger partial charge on any atom is 0.281 e. The van der Waals surface area contributed by atoms with Gasteiger partial charge in [-0.3, -0.25) is 9.20 Å². The molecule has 3 heterocycles. The lowest BCUT2D eigenvalue weighted by Gasteiger charge is -2.04. The van der Waals surface area contributed by atoms with E-state index in [4.69, 9.17) is 0 Å². The molecule has 96 valence electrons. The fourth-order valence-corrected chi connectivity index (χ4v) is 3.11. The number of imidazole rings is 1. The van der Waals surface area contributed by atoms with Gasteiger partial charge in [-0.05, 0) is 39.8 Å². The summed E-state index contributed by atoms with van der Waals surface area (Å²) in [5.41, 5.74) is 0.851. The van der Waals surface area contributed by atoms with Crippen LogP contribution < -0.4 is 5.56 Å². The molecule has 7 heteroatoms. The quantitative estimate of drug-likeness (QED) is 0.720. The molecule has 0 saturated carbocycles. The van der Waals surface area contributed by atoms with Gasteiger partial charge in [-0.1, -0.05) is 6.07 Å². The van der Waals surface area contributed by atoms with Crippen LogP contribution in [0.15, 0.2) is 56.1 Å². The summed E-state index contributed by atoms with van der Waals surface area (Å²) in [6, 6.07) is 5.88. The van der Waals surface area contributed by atoms with Crippen LogP contribution in [0, 0.1) is 0 Å². The van der Waals surface area contributed by atoms with Crippen LogP contribution in [0.4, 0.5) is 0 Å². The highest BCUT2D eigenvalue weighted by Crippen LogP contribution is 2.30. The lowest BCUT2D eigenvalue weighted by molar-refractivity contribution is 0.690. The highest BCUT2D eigenvalue weighted by Gasteiger charge is 2.11. The molecule has 0 fully saturated rings. The third kappa shape index (κ3) is 2.19. The van der Waals surface area contributed by atoms with Gasteiger partial charge in [0.25, 0.3) is 5.56 Å². The molecule has 0 aliphatic rings. The molecule has 0 spiro atoms. The van der Waals surface area contributed by atoms with Crippen LogP contribution in [0.2, 0.25) is 0 Å². The van der Waals surface area contributed by atoms with Gasteiger partial charge in [0.05, 0.1) is 27.3 Å². The lowest BCUT2D eigenvalue weighted by Crippen LogP contribution is -2.20. The summed E-state index contributed by atoms with van der Waals surface area (Å²) < 4.78 is 3.76. The van der Waals surface area contributed by atoms with Crippen LogP contribution in [0.25, 0.3) is 5.52 Å². The Morgan fingerprint density at radius 2 is 2.16 bits per heavy atom.